The van der Waals surface area contributed by atoms with E-state index in [1.807, 2.05) is 18.7 Å². The molecule has 1 amide bonds. The lowest BCUT2D eigenvalue weighted by Crippen LogP contribution is -2.72. The minimum atomic E-state index is -0.472. The van der Waals surface area contributed by atoms with Gasteiger partial charge in [-0.15, -0.1) is 0 Å². The SMILES string of the molecule is COCCOCOCC(C)C1C(=O)N2C1CCOC2(C)C. The van der Waals surface area contributed by atoms with E-state index in [9.17, 15) is 4.79 Å². The third-order valence-corrected chi connectivity index (χ3v) is 4.31. The third kappa shape index (κ3) is 3.56. The van der Waals surface area contributed by atoms with Crippen LogP contribution in [-0.2, 0) is 23.7 Å². The van der Waals surface area contributed by atoms with Gasteiger partial charge < -0.3 is 23.8 Å². The summed E-state index contributed by atoms with van der Waals surface area (Å²) in [5.74, 6) is 0.423. The Morgan fingerprint density at radius 3 is 2.86 bits per heavy atom. The molecular weight excluding hydrogens is 274 g/mol. The minimum absolute atomic E-state index is 0.0483. The van der Waals surface area contributed by atoms with Crippen molar-refractivity contribution in [2.45, 2.75) is 39.0 Å². The van der Waals surface area contributed by atoms with Crippen LogP contribution in [0.2, 0.25) is 0 Å². The van der Waals surface area contributed by atoms with Gasteiger partial charge in [-0.2, -0.15) is 0 Å². The van der Waals surface area contributed by atoms with Crippen LogP contribution in [-0.4, -0.2) is 62.9 Å². The summed E-state index contributed by atoms with van der Waals surface area (Å²) in [6, 6.07) is 0.286. The molecule has 0 bridgehead atoms. The average molecular weight is 301 g/mol. The van der Waals surface area contributed by atoms with E-state index in [4.69, 9.17) is 18.9 Å². The van der Waals surface area contributed by atoms with Crippen molar-refractivity contribution in [3.63, 3.8) is 0 Å². The quantitative estimate of drug-likeness (QED) is 0.383. The zero-order chi connectivity index (χ0) is 15.5. The van der Waals surface area contributed by atoms with Gasteiger partial charge in [0, 0.05) is 13.2 Å². The van der Waals surface area contributed by atoms with Crippen molar-refractivity contribution >= 4 is 5.91 Å². The Kier molecular flexibility index (Phi) is 5.60. The van der Waals surface area contributed by atoms with Crippen LogP contribution in [0.15, 0.2) is 0 Å². The second kappa shape index (κ2) is 7.05. The van der Waals surface area contributed by atoms with E-state index >= 15 is 0 Å². The number of hydrogen-bond donors (Lipinski definition) is 0. The molecule has 0 aromatic rings. The summed E-state index contributed by atoms with van der Waals surface area (Å²) in [5.41, 5.74) is -0.472. The molecule has 6 heteroatoms. The molecule has 2 aliphatic rings. The molecule has 0 radical (unpaired) electrons. The standard InChI is InChI=1S/C15H27NO5/c1-11(9-20-10-19-8-7-18-4)13-12-5-6-21-15(2,3)16(12)14(13)17/h11-13H,5-10H2,1-4H3. The van der Waals surface area contributed by atoms with Crippen molar-refractivity contribution in [3.8, 4) is 0 Å². The molecule has 2 rings (SSSR count). The van der Waals surface area contributed by atoms with Crippen LogP contribution in [0.5, 0.6) is 0 Å². The number of nitrogens with zero attached hydrogens (tertiary/aromatic N) is 1. The van der Waals surface area contributed by atoms with Crippen molar-refractivity contribution < 1.29 is 23.7 Å². The van der Waals surface area contributed by atoms with Crippen LogP contribution >= 0.6 is 0 Å². The normalized spacial score (nSPS) is 29.0. The maximum Gasteiger partial charge on any atom is 0.230 e. The summed E-state index contributed by atoms with van der Waals surface area (Å²) in [6.45, 7) is 8.56. The summed E-state index contributed by atoms with van der Waals surface area (Å²) < 4.78 is 21.3. The van der Waals surface area contributed by atoms with E-state index < -0.39 is 5.72 Å². The Hall–Kier alpha value is -0.690. The molecule has 0 aromatic heterocycles. The molecule has 21 heavy (non-hydrogen) atoms. The number of ether oxygens (including phenoxy) is 4. The largest absolute Gasteiger partial charge is 0.382 e. The molecule has 2 aliphatic heterocycles. The Labute approximate surface area is 126 Å². The van der Waals surface area contributed by atoms with Crippen LogP contribution < -0.4 is 0 Å². The molecule has 0 aromatic carbocycles. The number of β-lactam (4-membered cyclic amide) rings is 1. The maximum absolute atomic E-state index is 12.4. The number of fused-ring (bicyclic) bond motifs is 1. The molecule has 122 valence electrons. The first-order valence-electron chi connectivity index (χ1n) is 7.60. The Morgan fingerprint density at radius 2 is 2.14 bits per heavy atom. The molecule has 3 atom stereocenters. The first-order chi connectivity index (χ1) is 9.99. The first kappa shape index (κ1) is 16.7. The Bertz CT molecular complexity index is 360. The molecule has 0 saturated carbocycles. The van der Waals surface area contributed by atoms with E-state index in [-0.39, 0.29) is 30.6 Å². The summed E-state index contributed by atoms with van der Waals surface area (Å²) in [6.07, 6.45) is 0.911. The fraction of sp³-hybridized carbons (Fsp3) is 0.933. The van der Waals surface area contributed by atoms with E-state index in [2.05, 4.69) is 6.92 Å². The third-order valence-electron chi connectivity index (χ3n) is 4.31. The molecule has 0 spiro atoms. The second-order valence-corrected chi connectivity index (χ2v) is 6.25. The van der Waals surface area contributed by atoms with Gasteiger partial charge in [0.15, 0.2) is 0 Å². The average Bonchev–Trinajstić information content (AvgIpc) is 2.40. The summed E-state index contributed by atoms with van der Waals surface area (Å²) >= 11 is 0. The van der Waals surface area contributed by atoms with Crippen LogP contribution in [0.1, 0.15) is 27.2 Å². The topological polar surface area (TPSA) is 57.2 Å². The van der Waals surface area contributed by atoms with Crippen molar-refractivity contribution in [1.29, 1.82) is 0 Å². The summed E-state index contributed by atoms with van der Waals surface area (Å²) in [4.78, 5) is 14.3. The highest BCUT2D eigenvalue weighted by molar-refractivity contribution is 5.87. The number of methoxy groups -OCH3 is 1. The van der Waals surface area contributed by atoms with Gasteiger partial charge in [-0.05, 0) is 26.2 Å². The van der Waals surface area contributed by atoms with Crippen molar-refractivity contribution in [3.05, 3.63) is 0 Å². The molecule has 0 aliphatic carbocycles. The van der Waals surface area contributed by atoms with Gasteiger partial charge in [-0.3, -0.25) is 4.79 Å². The molecule has 2 heterocycles. The molecule has 2 saturated heterocycles. The molecule has 6 nitrogen and oxygen atoms in total. The highest BCUT2D eigenvalue weighted by Crippen LogP contribution is 2.43. The highest BCUT2D eigenvalue weighted by atomic mass is 16.7. The van der Waals surface area contributed by atoms with Gasteiger partial charge in [0.05, 0.1) is 32.3 Å². The van der Waals surface area contributed by atoms with Gasteiger partial charge in [-0.1, -0.05) is 6.92 Å². The Balaban J connectivity index is 1.74. The zero-order valence-electron chi connectivity index (χ0n) is 13.5. The van der Waals surface area contributed by atoms with Crippen molar-refractivity contribution in [1.82, 2.24) is 4.90 Å². The van der Waals surface area contributed by atoms with Gasteiger partial charge in [0.1, 0.15) is 12.5 Å². The number of rotatable bonds is 8. The van der Waals surface area contributed by atoms with Crippen molar-refractivity contribution in [2.24, 2.45) is 11.8 Å². The van der Waals surface area contributed by atoms with Gasteiger partial charge in [0.25, 0.3) is 0 Å². The fourth-order valence-electron chi connectivity index (χ4n) is 3.26. The lowest BCUT2D eigenvalue weighted by atomic mass is 9.75. The number of carbonyl (C=O) groups excluding carboxylic acids is 1. The van der Waals surface area contributed by atoms with Gasteiger partial charge in [-0.25, -0.2) is 0 Å². The highest BCUT2D eigenvalue weighted by Gasteiger charge is 2.56. The molecule has 3 unspecified atom stereocenters. The van der Waals surface area contributed by atoms with Gasteiger partial charge in [0.2, 0.25) is 5.91 Å². The predicted molar refractivity (Wildman–Crippen MR) is 76.6 cm³/mol. The summed E-state index contributed by atoms with van der Waals surface area (Å²) in [7, 11) is 1.63. The molecular formula is C15H27NO5. The number of hydrogen-bond acceptors (Lipinski definition) is 5. The first-order valence-corrected chi connectivity index (χ1v) is 7.60. The zero-order valence-corrected chi connectivity index (χ0v) is 13.5. The lowest BCUT2D eigenvalue weighted by Gasteiger charge is -2.58. The minimum Gasteiger partial charge on any atom is -0.382 e. The van der Waals surface area contributed by atoms with E-state index in [0.29, 0.717) is 26.4 Å². The lowest BCUT2D eigenvalue weighted by molar-refractivity contribution is -0.239. The van der Waals surface area contributed by atoms with E-state index in [1.54, 1.807) is 7.11 Å². The summed E-state index contributed by atoms with van der Waals surface area (Å²) in [5, 5.41) is 0. The number of carbonyl (C=O) groups is 1. The maximum atomic E-state index is 12.4. The van der Waals surface area contributed by atoms with E-state index in [1.165, 1.54) is 0 Å². The predicted octanol–water partition coefficient (Wildman–Crippen LogP) is 1.24. The van der Waals surface area contributed by atoms with Crippen molar-refractivity contribution in [2.75, 3.05) is 40.3 Å². The van der Waals surface area contributed by atoms with Crippen LogP contribution in [0, 0.1) is 11.8 Å². The Morgan fingerprint density at radius 1 is 1.38 bits per heavy atom. The second-order valence-electron chi connectivity index (χ2n) is 6.25. The van der Waals surface area contributed by atoms with Crippen LogP contribution in [0.25, 0.3) is 0 Å². The van der Waals surface area contributed by atoms with Crippen LogP contribution in [0.3, 0.4) is 0 Å². The molecule has 2 fully saturated rings. The monoisotopic (exact) mass is 301 g/mol. The smallest absolute Gasteiger partial charge is 0.230 e. The van der Waals surface area contributed by atoms with Crippen LogP contribution in [0.4, 0.5) is 0 Å². The molecule has 0 N–H and O–H groups in total. The number of amides is 1. The van der Waals surface area contributed by atoms with Gasteiger partial charge >= 0.3 is 0 Å². The van der Waals surface area contributed by atoms with E-state index in [0.717, 1.165) is 6.42 Å². The fourth-order valence-corrected chi connectivity index (χ4v) is 3.26.